The van der Waals surface area contributed by atoms with Crippen LogP contribution in [0.3, 0.4) is 0 Å². The Bertz CT molecular complexity index is 908. The lowest BCUT2D eigenvalue weighted by Gasteiger charge is -2.12. The highest BCUT2D eigenvalue weighted by molar-refractivity contribution is 14.1. The number of halogens is 1. The predicted molar refractivity (Wildman–Crippen MR) is 106 cm³/mol. The minimum Gasteiger partial charge on any atom is -0.507 e. The first kappa shape index (κ1) is 18.5. The van der Waals surface area contributed by atoms with Gasteiger partial charge in [-0.15, -0.1) is 0 Å². The van der Waals surface area contributed by atoms with E-state index in [9.17, 15) is 5.11 Å². The van der Waals surface area contributed by atoms with E-state index in [-0.39, 0.29) is 5.75 Å². The molecule has 0 fully saturated rings. The molecule has 0 aliphatic rings. The zero-order valence-corrected chi connectivity index (χ0v) is 16.9. The Labute approximate surface area is 165 Å². The normalized spacial score (nSPS) is 11.0. The summed E-state index contributed by atoms with van der Waals surface area (Å²) in [5.74, 6) is 2.76. The van der Waals surface area contributed by atoms with E-state index < -0.39 is 0 Å². The number of methoxy groups -OCH3 is 1. The molecular weight excluding hydrogens is 447 g/mol. The van der Waals surface area contributed by atoms with Crippen molar-refractivity contribution in [2.24, 2.45) is 5.92 Å². The zero-order valence-electron chi connectivity index (χ0n) is 14.7. The summed E-state index contributed by atoms with van der Waals surface area (Å²) in [7, 11) is 1.61. The van der Waals surface area contributed by atoms with Gasteiger partial charge in [0.25, 0.3) is 5.89 Å². The second-order valence-electron chi connectivity index (χ2n) is 6.16. The SMILES string of the molecule is COc1ccc(-c2nc(-c3ccc(O)c(I)c3)no2)cc1OCC(C)C. The van der Waals surface area contributed by atoms with Crippen molar-refractivity contribution in [1.29, 1.82) is 0 Å². The molecule has 0 bridgehead atoms. The maximum absolute atomic E-state index is 9.65. The van der Waals surface area contributed by atoms with Crippen LogP contribution in [0.25, 0.3) is 22.8 Å². The summed E-state index contributed by atoms with van der Waals surface area (Å²) in [6.45, 7) is 4.75. The van der Waals surface area contributed by atoms with Crippen LogP contribution in [0.2, 0.25) is 0 Å². The Hall–Kier alpha value is -2.29. The molecule has 3 rings (SSSR count). The lowest BCUT2D eigenvalue weighted by Crippen LogP contribution is -2.05. The summed E-state index contributed by atoms with van der Waals surface area (Å²) in [5, 5.41) is 13.7. The topological polar surface area (TPSA) is 77.6 Å². The van der Waals surface area contributed by atoms with Crippen molar-refractivity contribution in [3.8, 4) is 40.1 Å². The molecule has 3 aromatic rings. The van der Waals surface area contributed by atoms with Crippen LogP contribution in [0.15, 0.2) is 40.9 Å². The average molecular weight is 466 g/mol. The van der Waals surface area contributed by atoms with E-state index in [0.717, 1.165) is 14.7 Å². The van der Waals surface area contributed by atoms with Gasteiger partial charge in [-0.05, 0) is 64.9 Å². The molecule has 0 aliphatic heterocycles. The minimum absolute atomic E-state index is 0.222. The molecule has 136 valence electrons. The molecule has 0 radical (unpaired) electrons. The van der Waals surface area contributed by atoms with Crippen molar-refractivity contribution in [1.82, 2.24) is 10.1 Å². The van der Waals surface area contributed by atoms with Crippen molar-refractivity contribution < 1.29 is 19.1 Å². The third kappa shape index (κ3) is 4.09. The molecular formula is C19H19IN2O4. The molecule has 0 amide bonds. The van der Waals surface area contributed by atoms with Gasteiger partial charge in [-0.1, -0.05) is 19.0 Å². The number of hydrogen-bond acceptors (Lipinski definition) is 6. The van der Waals surface area contributed by atoms with Crippen LogP contribution in [0.1, 0.15) is 13.8 Å². The van der Waals surface area contributed by atoms with Gasteiger partial charge in [0.15, 0.2) is 11.5 Å². The van der Waals surface area contributed by atoms with Crippen LogP contribution in [0, 0.1) is 9.49 Å². The standard InChI is InChI=1S/C19H19IN2O4/c1-11(2)10-25-17-9-13(5-7-16(17)24-3)19-21-18(22-26-19)12-4-6-15(23)14(20)8-12/h4-9,11,23H,10H2,1-3H3. The van der Waals surface area contributed by atoms with E-state index in [1.54, 1.807) is 25.3 Å². The Balaban J connectivity index is 1.90. The number of aromatic hydroxyl groups is 1. The Morgan fingerprint density at radius 2 is 1.88 bits per heavy atom. The van der Waals surface area contributed by atoms with Gasteiger partial charge in [0, 0.05) is 11.1 Å². The van der Waals surface area contributed by atoms with Gasteiger partial charge in [0.2, 0.25) is 5.82 Å². The van der Waals surface area contributed by atoms with Gasteiger partial charge < -0.3 is 19.1 Å². The quantitative estimate of drug-likeness (QED) is 0.528. The van der Waals surface area contributed by atoms with Crippen LogP contribution in [-0.4, -0.2) is 29.0 Å². The van der Waals surface area contributed by atoms with Crippen molar-refractivity contribution in [3.05, 3.63) is 40.0 Å². The number of hydrogen-bond donors (Lipinski definition) is 1. The average Bonchev–Trinajstić information content (AvgIpc) is 3.12. The molecule has 0 saturated carbocycles. The Morgan fingerprint density at radius 1 is 1.12 bits per heavy atom. The van der Waals surface area contributed by atoms with Crippen molar-refractivity contribution in [2.75, 3.05) is 13.7 Å². The maximum atomic E-state index is 9.65. The van der Waals surface area contributed by atoms with E-state index in [2.05, 4.69) is 46.6 Å². The second-order valence-corrected chi connectivity index (χ2v) is 7.32. The number of benzene rings is 2. The molecule has 26 heavy (non-hydrogen) atoms. The molecule has 0 saturated heterocycles. The summed E-state index contributed by atoms with van der Waals surface area (Å²) in [6, 6.07) is 10.7. The number of ether oxygens (including phenoxy) is 2. The monoisotopic (exact) mass is 466 g/mol. The molecule has 7 heteroatoms. The maximum Gasteiger partial charge on any atom is 0.258 e. The Morgan fingerprint density at radius 3 is 2.58 bits per heavy atom. The van der Waals surface area contributed by atoms with Crippen LogP contribution in [-0.2, 0) is 0 Å². The fourth-order valence-electron chi connectivity index (χ4n) is 2.28. The number of phenols is 1. The van der Waals surface area contributed by atoms with Gasteiger partial charge in [-0.2, -0.15) is 4.98 Å². The fraction of sp³-hybridized carbons (Fsp3) is 0.263. The van der Waals surface area contributed by atoms with Gasteiger partial charge in [0.05, 0.1) is 17.3 Å². The summed E-state index contributed by atoms with van der Waals surface area (Å²) < 4.78 is 17.3. The van der Waals surface area contributed by atoms with Gasteiger partial charge >= 0.3 is 0 Å². The highest BCUT2D eigenvalue weighted by Gasteiger charge is 2.15. The van der Waals surface area contributed by atoms with Gasteiger partial charge in [0.1, 0.15) is 5.75 Å². The molecule has 1 heterocycles. The summed E-state index contributed by atoms with van der Waals surface area (Å²) in [5.41, 5.74) is 1.52. The van der Waals surface area contributed by atoms with Crippen LogP contribution in [0.5, 0.6) is 17.2 Å². The molecule has 0 unspecified atom stereocenters. The van der Waals surface area contributed by atoms with E-state index in [4.69, 9.17) is 14.0 Å². The first-order valence-corrected chi connectivity index (χ1v) is 9.19. The number of phenolic OH excluding ortho intramolecular Hbond substituents is 1. The summed E-state index contributed by atoms with van der Waals surface area (Å²) in [4.78, 5) is 4.45. The van der Waals surface area contributed by atoms with Gasteiger partial charge in [-0.3, -0.25) is 0 Å². The summed E-state index contributed by atoms with van der Waals surface area (Å²) in [6.07, 6.45) is 0. The van der Waals surface area contributed by atoms with Crippen molar-refractivity contribution >= 4 is 22.6 Å². The van der Waals surface area contributed by atoms with E-state index >= 15 is 0 Å². The molecule has 1 aromatic heterocycles. The Kier molecular flexibility index (Phi) is 5.65. The largest absolute Gasteiger partial charge is 0.507 e. The van der Waals surface area contributed by atoms with E-state index in [1.807, 2.05) is 18.2 Å². The highest BCUT2D eigenvalue weighted by atomic mass is 127. The van der Waals surface area contributed by atoms with Crippen LogP contribution < -0.4 is 9.47 Å². The first-order valence-electron chi connectivity index (χ1n) is 8.11. The molecule has 0 spiro atoms. The zero-order chi connectivity index (χ0) is 18.7. The smallest absolute Gasteiger partial charge is 0.258 e. The minimum atomic E-state index is 0.222. The number of aromatic nitrogens is 2. The van der Waals surface area contributed by atoms with Crippen LogP contribution >= 0.6 is 22.6 Å². The molecule has 0 aliphatic carbocycles. The van der Waals surface area contributed by atoms with Gasteiger partial charge in [-0.25, -0.2) is 0 Å². The third-order valence-corrected chi connectivity index (χ3v) is 4.48. The molecule has 0 atom stereocenters. The third-order valence-electron chi connectivity index (χ3n) is 3.61. The van der Waals surface area contributed by atoms with Crippen molar-refractivity contribution in [2.45, 2.75) is 13.8 Å². The predicted octanol–water partition coefficient (Wildman–Crippen LogP) is 4.76. The lowest BCUT2D eigenvalue weighted by molar-refractivity contribution is 0.257. The number of nitrogens with zero attached hydrogens (tertiary/aromatic N) is 2. The molecule has 2 aromatic carbocycles. The second kappa shape index (κ2) is 7.94. The molecule has 6 nitrogen and oxygen atoms in total. The first-order chi connectivity index (χ1) is 12.5. The van der Waals surface area contributed by atoms with E-state index in [0.29, 0.717) is 35.7 Å². The van der Waals surface area contributed by atoms with E-state index in [1.165, 1.54) is 0 Å². The van der Waals surface area contributed by atoms with Crippen LogP contribution in [0.4, 0.5) is 0 Å². The highest BCUT2D eigenvalue weighted by Crippen LogP contribution is 2.33. The van der Waals surface area contributed by atoms with Crippen molar-refractivity contribution in [3.63, 3.8) is 0 Å². The molecule has 1 N–H and O–H groups in total. The summed E-state index contributed by atoms with van der Waals surface area (Å²) >= 11 is 2.05. The fourth-order valence-corrected chi connectivity index (χ4v) is 2.80. The number of rotatable bonds is 6. The lowest BCUT2D eigenvalue weighted by atomic mass is 10.2.